The maximum atomic E-state index is 12.4. The van der Waals surface area contributed by atoms with Crippen LogP contribution in [0.2, 0.25) is 10.0 Å². The number of halogens is 2. The van der Waals surface area contributed by atoms with Crippen molar-refractivity contribution >= 4 is 29.3 Å². The van der Waals surface area contributed by atoms with Crippen LogP contribution >= 0.6 is 23.2 Å². The Morgan fingerprint density at radius 1 is 1.36 bits per heavy atom. The van der Waals surface area contributed by atoms with Crippen LogP contribution in [-0.4, -0.2) is 42.3 Å². The van der Waals surface area contributed by atoms with Gasteiger partial charge < -0.3 is 15.0 Å². The van der Waals surface area contributed by atoms with E-state index in [-0.39, 0.29) is 12.1 Å². The highest BCUT2D eigenvalue weighted by molar-refractivity contribution is 6.36. The number of nitrogens with one attached hydrogen (secondary N) is 1. The van der Waals surface area contributed by atoms with Crippen molar-refractivity contribution in [3.05, 3.63) is 33.8 Å². The highest BCUT2D eigenvalue weighted by Crippen LogP contribution is 2.27. The topological polar surface area (TPSA) is 41.6 Å². The number of benzene rings is 1. The molecule has 0 aromatic heterocycles. The maximum Gasteiger partial charge on any atom is 0.410 e. The minimum atomic E-state index is -0.505. The molecule has 1 amide bonds. The van der Waals surface area contributed by atoms with Crippen LogP contribution in [0.25, 0.3) is 0 Å². The summed E-state index contributed by atoms with van der Waals surface area (Å²) in [4.78, 5) is 14.2. The van der Waals surface area contributed by atoms with Crippen LogP contribution in [0.3, 0.4) is 0 Å². The highest BCUT2D eigenvalue weighted by atomic mass is 35.5. The van der Waals surface area contributed by atoms with E-state index in [0.29, 0.717) is 29.6 Å². The summed E-state index contributed by atoms with van der Waals surface area (Å²) < 4.78 is 5.50. The third kappa shape index (κ3) is 4.51. The predicted molar refractivity (Wildman–Crippen MR) is 89.8 cm³/mol. The fourth-order valence-corrected chi connectivity index (χ4v) is 3.02. The molecule has 0 aliphatic carbocycles. The normalized spacial score (nSPS) is 19.1. The van der Waals surface area contributed by atoms with Crippen molar-refractivity contribution in [1.29, 1.82) is 0 Å². The molecule has 1 heterocycles. The number of hydrogen-bond acceptors (Lipinski definition) is 3. The Morgan fingerprint density at radius 3 is 2.59 bits per heavy atom. The van der Waals surface area contributed by atoms with Crippen LogP contribution < -0.4 is 5.32 Å². The molecule has 2 rings (SSSR count). The predicted octanol–water partition coefficient (Wildman–Crippen LogP) is 3.74. The average molecular weight is 345 g/mol. The van der Waals surface area contributed by atoms with E-state index >= 15 is 0 Å². The first-order chi connectivity index (χ1) is 10.3. The first-order valence-electron chi connectivity index (χ1n) is 7.41. The van der Waals surface area contributed by atoms with Crippen LogP contribution in [0.15, 0.2) is 18.2 Å². The van der Waals surface area contributed by atoms with Crippen molar-refractivity contribution in [2.45, 2.75) is 38.8 Å². The van der Waals surface area contributed by atoms with Crippen molar-refractivity contribution in [2.24, 2.45) is 0 Å². The molecule has 0 unspecified atom stereocenters. The Balaban J connectivity index is 2.15. The molecular formula is C16H22Cl2N2O2. The Labute approximate surface area is 141 Å². The van der Waals surface area contributed by atoms with Crippen molar-refractivity contribution < 1.29 is 9.53 Å². The molecule has 0 spiro atoms. The zero-order chi connectivity index (χ0) is 16.3. The summed E-state index contributed by atoms with van der Waals surface area (Å²) in [5, 5.41) is 4.56. The van der Waals surface area contributed by atoms with Gasteiger partial charge in [-0.05, 0) is 44.9 Å². The SMILES string of the molecule is CC(C)(C)OC(=O)N1CCNC[C@H]1Cc1c(Cl)cccc1Cl. The van der Waals surface area contributed by atoms with Gasteiger partial charge in [0.25, 0.3) is 0 Å². The smallest absolute Gasteiger partial charge is 0.410 e. The lowest BCUT2D eigenvalue weighted by atomic mass is 10.0. The van der Waals surface area contributed by atoms with E-state index in [1.807, 2.05) is 39.0 Å². The lowest BCUT2D eigenvalue weighted by Gasteiger charge is -2.37. The van der Waals surface area contributed by atoms with Crippen molar-refractivity contribution in [3.63, 3.8) is 0 Å². The molecular weight excluding hydrogens is 323 g/mol. The van der Waals surface area contributed by atoms with Gasteiger partial charge in [0, 0.05) is 29.7 Å². The summed E-state index contributed by atoms with van der Waals surface area (Å²) in [5.74, 6) is 0. The second-order valence-electron chi connectivity index (χ2n) is 6.44. The van der Waals surface area contributed by atoms with Gasteiger partial charge in [0.2, 0.25) is 0 Å². The van der Waals surface area contributed by atoms with Gasteiger partial charge >= 0.3 is 6.09 Å². The second-order valence-corrected chi connectivity index (χ2v) is 7.25. The minimum absolute atomic E-state index is 0.0269. The van der Waals surface area contributed by atoms with Crippen LogP contribution in [0.1, 0.15) is 26.3 Å². The Bertz CT molecular complexity index is 523. The third-order valence-electron chi connectivity index (χ3n) is 3.48. The summed E-state index contributed by atoms with van der Waals surface area (Å²) in [7, 11) is 0. The number of nitrogens with zero attached hydrogens (tertiary/aromatic N) is 1. The monoisotopic (exact) mass is 344 g/mol. The number of carbonyl (C=O) groups is 1. The summed E-state index contributed by atoms with van der Waals surface area (Å²) in [6, 6.07) is 5.42. The maximum absolute atomic E-state index is 12.4. The Morgan fingerprint density at radius 2 is 2.00 bits per heavy atom. The average Bonchev–Trinajstić information content (AvgIpc) is 2.41. The summed E-state index contributed by atoms with van der Waals surface area (Å²) in [6.45, 7) is 7.67. The molecule has 1 N–H and O–H groups in total. The Hall–Kier alpha value is -0.970. The number of amides is 1. The molecule has 122 valence electrons. The zero-order valence-electron chi connectivity index (χ0n) is 13.2. The Kier molecular flexibility index (Phi) is 5.59. The largest absolute Gasteiger partial charge is 0.444 e. The molecule has 1 aromatic carbocycles. The molecule has 0 radical (unpaired) electrons. The number of carbonyl (C=O) groups excluding carboxylic acids is 1. The van der Waals surface area contributed by atoms with Crippen LogP contribution in [0.5, 0.6) is 0 Å². The van der Waals surface area contributed by atoms with E-state index in [4.69, 9.17) is 27.9 Å². The zero-order valence-corrected chi connectivity index (χ0v) is 14.7. The van der Waals surface area contributed by atoms with E-state index < -0.39 is 5.60 Å². The molecule has 1 aliphatic rings. The van der Waals surface area contributed by atoms with Gasteiger partial charge in [0.15, 0.2) is 0 Å². The molecule has 1 saturated heterocycles. The molecule has 1 aliphatic heterocycles. The van der Waals surface area contributed by atoms with E-state index in [1.54, 1.807) is 4.90 Å². The van der Waals surface area contributed by atoms with Gasteiger partial charge in [-0.15, -0.1) is 0 Å². The quantitative estimate of drug-likeness (QED) is 0.888. The molecule has 22 heavy (non-hydrogen) atoms. The van der Waals surface area contributed by atoms with E-state index in [9.17, 15) is 4.79 Å². The summed E-state index contributed by atoms with van der Waals surface area (Å²) in [5.41, 5.74) is 0.363. The minimum Gasteiger partial charge on any atom is -0.444 e. The number of ether oxygens (including phenoxy) is 1. The number of hydrogen-bond donors (Lipinski definition) is 1. The van der Waals surface area contributed by atoms with Crippen molar-refractivity contribution in [2.75, 3.05) is 19.6 Å². The molecule has 0 bridgehead atoms. The molecule has 0 saturated carbocycles. The van der Waals surface area contributed by atoms with Gasteiger partial charge in [-0.1, -0.05) is 29.3 Å². The molecule has 1 aromatic rings. The van der Waals surface area contributed by atoms with Crippen LogP contribution in [0.4, 0.5) is 4.79 Å². The third-order valence-corrected chi connectivity index (χ3v) is 4.19. The van der Waals surface area contributed by atoms with Gasteiger partial charge in [-0.25, -0.2) is 4.79 Å². The molecule has 1 atom stereocenters. The van der Waals surface area contributed by atoms with Crippen molar-refractivity contribution in [3.8, 4) is 0 Å². The summed E-state index contributed by atoms with van der Waals surface area (Å²) in [6.07, 6.45) is 0.312. The van der Waals surface area contributed by atoms with Crippen LogP contribution in [-0.2, 0) is 11.2 Å². The fraction of sp³-hybridized carbons (Fsp3) is 0.562. The number of piperazine rings is 1. The van der Waals surface area contributed by atoms with E-state index in [1.165, 1.54) is 0 Å². The summed E-state index contributed by atoms with van der Waals surface area (Å²) >= 11 is 12.5. The number of rotatable bonds is 2. The molecule has 6 heteroatoms. The molecule has 4 nitrogen and oxygen atoms in total. The molecule has 1 fully saturated rings. The fourth-order valence-electron chi connectivity index (χ4n) is 2.47. The van der Waals surface area contributed by atoms with Gasteiger partial charge in [-0.3, -0.25) is 0 Å². The van der Waals surface area contributed by atoms with Gasteiger partial charge in [0.05, 0.1) is 6.04 Å². The van der Waals surface area contributed by atoms with Crippen LogP contribution in [0, 0.1) is 0 Å². The van der Waals surface area contributed by atoms with E-state index in [0.717, 1.165) is 12.1 Å². The second kappa shape index (κ2) is 7.07. The van der Waals surface area contributed by atoms with Crippen molar-refractivity contribution in [1.82, 2.24) is 10.2 Å². The lowest BCUT2D eigenvalue weighted by molar-refractivity contribution is 0.0122. The highest BCUT2D eigenvalue weighted by Gasteiger charge is 2.31. The standard InChI is InChI=1S/C16H22Cl2N2O2/c1-16(2,3)22-15(21)20-8-7-19-10-11(20)9-12-13(17)5-4-6-14(12)18/h4-6,11,19H,7-10H2,1-3H3/t11-/m1/s1. The van der Waals surface area contributed by atoms with Gasteiger partial charge in [0.1, 0.15) is 5.60 Å². The van der Waals surface area contributed by atoms with E-state index in [2.05, 4.69) is 5.32 Å². The first-order valence-corrected chi connectivity index (χ1v) is 8.17. The van der Waals surface area contributed by atoms with Gasteiger partial charge in [-0.2, -0.15) is 0 Å². The first kappa shape index (κ1) is 17.4. The lowest BCUT2D eigenvalue weighted by Crippen LogP contribution is -2.55.